The number of nitrogens with zero attached hydrogens (tertiary/aromatic N) is 3. The van der Waals surface area contributed by atoms with Crippen LogP contribution in [0.1, 0.15) is 38.3 Å². The first-order valence-corrected chi connectivity index (χ1v) is 8.96. The summed E-state index contributed by atoms with van der Waals surface area (Å²) < 4.78 is 0. The molecule has 0 spiro atoms. The molecule has 4 nitrogen and oxygen atoms in total. The van der Waals surface area contributed by atoms with Crippen LogP contribution in [0.3, 0.4) is 0 Å². The third-order valence-corrected chi connectivity index (χ3v) is 6.61. The lowest BCUT2D eigenvalue weighted by Gasteiger charge is -2.52. The van der Waals surface area contributed by atoms with Gasteiger partial charge in [-0.25, -0.2) is 4.98 Å². The molecule has 1 atom stereocenters. The lowest BCUT2D eigenvalue weighted by molar-refractivity contribution is 0.227. The molecule has 1 aliphatic carbocycles. The maximum Gasteiger partial charge on any atom is 0.140 e. The van der Waals surface area contributed by atoms with Gasteiger partial charge in [0.25, 0.3) is 0 Å². The molecular weight excluding hydrogens is 308 g/mol. The van der Waals surface area contributed by atoms with Crippen molar-refractivity contribution in [1.82, 2.24) is 15.0 Å². The number of aromatic amines is 1. The van der Waals surface area contributed by atoms with Crippen LogP contribution in [0, 0.1) is 5.41 Å². The largest absolute Gasteiger partial charge is 0.338 e. The number of H-pyrrole nitrogens is 1. The van der Waals surface area contributed by atoms with Crippen molar-refractivity contribution in [3.05, 3.63) is 47.8 Å². The second-order valence-corrected chi connectivity index (χ2v) is 8.07. The van der Waals surface area contributed by atoms with Gasteiger partial charge in [0, 0.05) is 47.5 Å². The van der Waals surface area contributed by atoms with E-state index < -0.39 is 0 Å². The van der Waals surface area contributed by atoms with E-state index in [1.54, 1.807) is 6.20 Å². The predicted octanol–water partition coefficient (Wildman–Crippen LogP) is 4.31. The Morgan fingerprint density at radius 2 is 2.04 bits per heavy atom. The summed E-state index contributed by atoms with van der Waals surface area (Å²) in [6, 6.07) is 8.58. The smallest absolute Gasteiger partial charge is 0.140 e. The molecule has 0 radical (unpaired) electrons. The van der Waals surface area contributed by atoms with E-state index in [-0.39, 0.29) is 10.8 Å². The molecule has 1 aliphatic heterocycles. The number of imidazole rings is 1. The van der Waals surface area contributed by atoms with Gasteiger partial charge >= 0.3 is 0 Å². The number of fused-ring (bicyclic) bond motifs is 5. The minimum absolute atomic E-state index is 0.106. The van der Waals surface area contributed by atoms with E-state index in [9.17, 15) is 0 Å². The van der Waals surface area contributed by atoms with Crippen LogP contribution in [0.5, 0.6) is 0 Å². The standard InChI is InChI=1S/C21H22N4/c1-20(2)18-10-14-9-16-17(11-15(14)21(20,3)6-8-23-18)25-19(24-16)13-5-4-7-22-12-13/h4-5,7,9,11-12H,6,8,10H2,1-3H3,(H,24,25)/t21-/m0/s1. The highest BCUT2D eigenvalue weighted by atomic mass is 14.9. The third-order valence-electron chi connectivity index (χ3n) is 6.61. The second-order valence-electron chi connectivity index (χ2n) is 8.07. The lowest BCUT2D eigenvalue weighted by Crippen LogP contribution is -2.52. The van der Waals surface area contributed by atoms with Gasteiger partial charge in [-0.05, 0) is 41.8 Å². The normalized spacial score (nSPS) is 24.0. The van der Waals surface area contributed by atoms with E-state index in [4.69, 9.17) is 9.98 Å². The summed E-state index contributed by atoms with van der Waals surface area (Å²) in [7, 11) is 0. The number of hydrogen-bond donors (Lipinski definition) is 1. The quantitative estimate of drug-likeness (QED) is 0.723. The summed E-state index contributed by atoms with van der Waals surface area (Å²) in [5.41, 5.74) is 7.59. The van der Waals surface area contributed by atoms with Crippen molar-refractivity contribution in [2.24, 2.45) is 10.4 Å². The van der Waals surface area contributed by atoms with Gasteiger partial charge in [-0.15, -0.1) is 0 Å². The number of nitrogens with one attached hydrogen (secondary N) is 1. The van der Waals surface area contributed by atoms with Gasteiger partial charge < -0.3 is 4.98 Å². The van der Waals surface area contributed by atoms with E-state index in [0.29, 0.717) is 0 Å². The molecule has 1 aromatic carbocycles. The topological polar surface area (TPSA) is 53.9 Å². The Bertz CT molecular complexity index is 1010. The van der Waals surface area contributed by atoms with Crippen molar-refractivity contribution in [3.63, 3.8) is 0 Å². The van der Waals surface area contributed by atoms with E-state index in [2.05, 4.69) is 42.9 Å². The molecule has 0 saturated carbocycles. The Labute approximate surface area is 147 Å². The molecular formula is C21H22N4. The highest BCUT2D eigenvalue weighted by Gasteiger charge is 2.51. The minimum Gasteiger partial charge on any atom is -0.338 e. The van der Waals surface area contributed by atoms with Crippen molar-refractivity contribution in [1.29, 1.82) is 0 Å². The van der Waals surface area contributed by atoms with Crippen LogP contribution in [-0.4, -0.2) is 27.2 Å². The highest BCUT2D eigenvalue weighted by molar-refractivity contribution is 5.97. The van der Waals surface area contributed by atoms with Gasteiger partial charge in [0.1, 0.15) is 5.82 Å². The van der Waals surface area contributed by atoms with Crippen molar-refractivity contribution in [3.8, 4) is 11.4 Å². The summed E-state index contributed by atoms with van der Waals surface area (Å²) in [5, 5.41) is 0. The first kappa shape index (κ1) is 14.8. The molecule has 1 N–H and O–H groups in total. The average molecular weight is 330 g/mol. The molecule has 4 heteroatoms. The highest BCUT2D eigenvalue weighted by Crippen LogP contribution is 2.53. The van der Waals surface area contributed by atoms with E-state index in [1.165, 1.54) is 16.8 Å². The number of aromatic nitrogens is 3. The number of benzene rings is 1. The van der Waals surface area contributed by atoms with Crippen LogP contribution in [0.15, 0.2) is 41.7 Å². The summed E-state index contributed by atoms with van der Waals surface area (Å²) in [4.78, 5) is 17.4. The SMILES string of the molecule is CC1(C)C2=NCC[C@@]1(C)c1cc3nc(-c4cccnc4)[nH]c3cc1C2. The molecule has 2 aliphatic rings. The zero-order valence-electron chi connectivity index (χ0n) is 14.9. The van der Waals surface area contributed by atoms with Crippen LogP contribution in [0.2, 0.25) is 0 Å². The number of hydrogen-bond acceptors (Lipinski definition) is 3. The fourth-order valence-corrected chi connectivity index (χ4v) is 4.57. The predicted molar refractivity (Wildman–Crippen MR) is 101 cm³/mol. The Morgan fingerprint density at radius 3 is 2.84 bits per heavy atom. The Balaban J connectivity index is 1.72. The molecule has 0 amide bonds. The number of aliphatic imine (C=N–C) groups is 1. The van der Waals surface area contributed by atoms with Crippen molar-refractivity contribution < 1.29 is 0 Å². The zero-order valence-corrected chi connectivity index (χ0v) is 14.9. The summed E-state index contributed by atoms with van der Waals surface area (Å²) in [5.74, 6) is 0.884. The fraction of sp³-hybridized carbons (Fsp3) is 0.381. The summed E-state index contributed by atoms with van der Waals surface area (Å²) in [6.07, 6.45) is 5.69. The van der Waals surface area contributed by atoms with E-state index >= 15 is 0 Å². The molecule has 5 rings (SSSR count). The lowest BCUT2D eigenvalue weighted by atomic mass is 9.53. The van der Waals surface area contributed by atoms with Crippen LogP contribution >= 0.6 is 0 Å². The van der Waals surface area contributed by atoms with Crippen LogP contribution in [0.25, 0.3) is 22.4 Å². The molecule has 3 heterocycles. The molecule has 25 heavy (non-hydrogen) atoms. The van der Waals surface area contributed by atoms with Gasteiger partial charge in [-0.2, -0.15) is 0 Å². The monoisotopic (exact) mass is 330 g/mol. The third kappa shape index (κ3) is 1.91. The Kier molecular flexibility index (Phi) is 2.83. The molecule has 0 unspecified atom stereocenters. The number of pyridine rings is 1. The summed E-state index contributed by atoms with van der Waals surface area (Å²) in [6.45, 7) is 8.04. The van der Waals surface area contributed by atoms with Gasteiger partial charge in [-0.1, -0.05) is 20.8 Å². The Hall–Kier alpha value is -2.49. The zero-order chi connectivity index (χ0) is 17.2. The first-order valence-electron chi connectivity index (χ1n) is 8.96. The fourth-order valence-electron chi connectivity index (χ4n) is 4.57. The maximum absolute atomic E-state index is 4.86. The minimum atomic E-state index is 0.106. The van der Waals surface area contributed by atoms with Gasteiger partial charge in [0.2, 0.25) is 0 Å². The summed E-state index contributed by atoms with van der Waals surface area (Å²) >= 11 is 0. The molecule has 2 bridgehead atoms. The average Bonchev–Trinajstić information content (AvgIpc) is 3.01. The molecule has 2 aromatic heterocycles. The van der Waals surface area contributed by atoms with Gasteiger partial charge in [-0.3, -0.25) is 9.98 Å². The first-order chi connectivity index (χ1) is 12.0. The van der Waals surface area contributed by atoms with Gasteiger partial charge in [0.05, 0.1) is 11.0 Å². The van der Waals surface area contributed by atoms with Crippen molar-refractivity contribution in [2.75, 3.05) is 6.54 Å². The molecule has 3 aromatic rings. The van der Waals surface area contributed by atoms with Crippen molar-refractivity contribution >= 4 is 16.7 Å². The van der Waals surface area contributed by atoms with Crippen LogP contribution in [0.4, 0.5) is 0 Å². The van der Waals surface area contributed by atoms with Crippen LogP contribution < -0.4 is 0 Å². The molecule has 0 fully saturated rings. The number of rotatable bonds is 1. The van der Waals surface area contributed by atoms with Crippen molar-refractivity contribution in [2.45, 2.75) is 39.0 Å². The Morgan fingerprint density at radius 1 is 1.16 bits per heavy atom. The second kappa shape index (κ2) is 4.78. The molecule has 126 valence electrons. The van der Waals surface area contributed by atoms with E-state index in [0.717, 1.165) is 41.8 Å². The molecule has 0 saturated heterocycles. The van der Waals surface area contributed by atoms with Crippen LogP contribution in [-0.2, 0) is 11.8 Å². The maximum atomic E-state index is 4.86. The van der Waals surface area contributed by atoms with Gasteiger partial charge in [0.15, 0.2) is 0 Å². The van der Waals surface area contributed by atoms with E-state index in [1.807, 2.05) is 18.3 Å².